The van der Waals surface area contributed by atoms with E-state index in [0.29, 0.717) is 0 Å². The number of carbonyl (C=O) groups is 2. The molecule has 76 valence electrons. The van der Waals surface area contributed by atoms with Crippen molar-refractivity contribution in [3.8, 4) is 0 Å². The van der Waals surface area contributed by atoms with Crippen LogP contribution in [-0.2, 0) is 14.3 Å². The van der Waals surface area contributed by atoms with E-state index in [9.17, 15) is 22.8 Å². The fraction of sp³-hybridized carbons (Fsp3) is 0.667. The van der Waals surface area contributed by atoms with Crippen LogP contribution in [0.3, 0.4) is 0 Å². The number of nitrogens with one attached hydrogen (secondary N) is 1. The van der Waals surface area contributed by atoms with Crippen LogP contribution in [0.1, 0.15) is 6.92 Å². The zero-order valence-corrected chi connectivity index (χ0v) is 6.94. The Morgan fingerprint density at radius 2 is 1.85 bits per heavy atom. The first-order chi connectivity index (χ1) is 5.79. The summed E-state index contributed by atoms with van der Waals surface area (Å²) in [6, 6.07) is -2.59. The Morgan fingerprint density at radius 3 is 2.08 bits per heavy atom. The molecule has 0 aromatic carbocycles. The Kier molecular flexibility index (Phi) is 3.70. The standard InChI is InChI=1S/C6H8F3NO3/c1-3(11)10-4(5(12)13-2)6(7,8)9/h4H,1-2H3,(H,10,11). The van der Waals surface area contributed by atoms with E-state index in [4.69, 9.17) is 0 Å². The van der Waals surface area contributed by atoms with Gasteiger partial charge in [-0.15, -0.1) is 0 Å². The second-order valence-corrected chi connectivity index (χ2v) is 2.20. The maximum atomic E-state index is 12.0. The summed E-state index contributed by atoms with van der Waals surface area (Å²) in [7, 11) is 0.808. The molecule has 0 heterocycles. The highest BCUT2D eigenvalue weighted by Crippen LogP contribution is 2.20. The van der Waals surface area contributed by atoms with Gasteiger partial charge in [-0.25, -0.2) is 4.79 Å². The summed E-state index contributed by atoms with van der Waals surface area (Å²) >= 11 is 0. The molecule has 1 unspecified atom stereocenters. The number of carbonyl (C=O) groups excluding carboxylic acids is 2. The molecule has 0 bridgehead atoms. The van der Waals surface area contributed by atoms with Gasteiger partial charge < -0.3 is 10.1 Å². The van der Waals surface area contributed by atoms with Crippen molar-refractivity contribution < 1.29 is 27.5 Å². The number of hydrogen-bond acceptors (Lipinski definition) is 3. The summed E-state index contributed by atoms with van der Waals surface area (Å²) in [5.74, 6) is -2.49. The highest BCUT2D eigenvalue weighted by Gasteiger charge is 2.46. The third-order valence-electron chi connectivity index (χ3n) is 1.11. The second kappa shape index (κ2) is 4.11. The largest absolute Gasteiger partial charge is 0.467 e. The maximum absolute atomic E-state index is 12.0. The summed E-state index contributed by atoms with van der Waals surface area (Å²) in [4.78, 5) is 20.8. The summed E-state index contributed by atoms with van der Waals surface area (Å²) in [5, 5.41) is 1.43. The van der Waals surface area contributed by atoms with E-state index in [0.717, 1.165) is 14.0 Å². The third kappa shape index (κ3) is 3.77. The third-order valence-corrected chi connectivity index (χ3v) is 1.11. The summed E-state index contributed by atoms with van der Waals surface area (Å²) < 4.78 is 39.9. The highest BCUT2D eigenvalue weighted by atomic mass is 19.4. The van der Waals surface area contributed by atoms with Crippen molar-refractivity contribution in [2.24, 2.45) is 0 Å². The van der Waals surface area contributed by atoms with Crippen LogP contribution in [0.4, 0.5) is 13.2 Å². The number of esters is 1. The highest BCUT2D eigenvalue weighted by molar-refractivity contribution is 5.83. The first kappa shape index (κ1) is 11.7. The molecule has 4 nitrogen and oxygen atoms in total. The molecular formula is C6H8F3NO3. The van der Waals surface area contributed by atoms with E-state index in [1.54, 1.807) is 0 Å². The van der Waals surface area contributed by atoms with Crippen LogP contribution in [-0.4, -0.2) is 31.2 Å². The number of hydrogen-bond donors (Lipinski definition) is 1. The van der Waals surface area contributed by atoms with Gasteiger partial charge >= 0.3 is 12.1 Å². The zero-order valence-electron chi connectivity index (χ0n) is 6.94. The van der Waals surface area contributed by atoms with Crippen LogP contribution in [0.2, 0.25) is 0 Å². The quantitative estimate of drug-likeness (QED) is 0.647. The fourth-order valence-corrected chi connectivity index (χ4v) is 0.596. The van der Waals surface area contributed by atoms with Gasteiger partial charge in [-0.05, 0) is 0 Å². The van der Waals surface area contributed by atoms with Crippen LogP contribution in [0.15, 0.2) is 0 Å². The average Bonchev–Trinajstić information content (AvgIpc) is 1.96. The minimum Gasteiger partial charge on any atom is -0.467 e. The van der Waals surface area contributed by atoms with Crippen LogP contribution in [0.5, 0.6) is 0 Å². The van der Waals surface area contributed by atoms with Gasteiger partial charge in [0.05, 0.1) is 7.11 Å². The SMILES string of the molecule is COC(=O)C(NC(C)=O)C(F)(F)F. The van der Waals surface area contributed by atoms with Crippen molar-refractivity contribution in [3.63, 3.8) is 0 Å². The van der Waals surface area contributed by atoms with E-state index in [-0.39, 0.29) is 0 Å². The average molecular weight is 199 g/mol. The molecule has 1 amide bonds. The lowest BCUT2D eigenvalue weighted by atomic mass is 10.3. The molecule has 1 N–H and O–H groups in total. The molecule has 0 fully saturated rings. The Morgan fingerprint density at radius 1 is 1.38 bits per heavy atom. The molecule has 0 aliphatic rings. The van der Waals surface area contributed by atoms with E-state index < -0.39 is 24.1 Å². The number of rotatable bonds is 2. The van der Waals surface area contributed by atoms with Gasteiger partial charge in [0, 0.05) is 6.92 Å². The van der Waals surface area contributed by atoms with Gasteiger partial charge in [-0.3, -0.25) is 4.79 Å². The lowest BCUT2D eigenvalue weighted by Gasteiger charge is -2.17. The van der Waals surface area contributed by atoms with E-state index in [1.807, 2.05) is 0 Å². The normalized spacial score (nSPS) is 13.3. The molecule has 0 aromatic heterocycles. The van der Waals surface area contributed by atoms with Gasteiger partial charge in [-0.1, -0.05) is 0 Å². The molecule has 1 atom stereocenters. The van der Waals surface area contributed by atoms with Crippen LogP contribution in [0, 0.1) is 0 Å². The van der Waals surface area contributed by atoms with Gasteiger partial charge in [0.1, 0.15) is 0 Å². The number of amides is 1. The molecule has 0 radical (unpaired) electrons. The Bertz CT molecular complexity index is 214. The molecule has 0 aliphatic heterocycles. The lowest BCUT2D eigenvalue weighted by Crippen LogP contribution is -2.50. The van der Waals surface area contributed by atoms with E-state index >= 15 is 0 Å². The van der Waals surface area contributed by atoms with Crippen LogP contribution >= 0.6 is 0 Å². The lowest BCUT2D eigenvalue weighted by molar-refractivity contribution is -0.184. The van der Waals surface area contributed by atoms with Crippen molar-refractivity contribution in [2.45, 2.75) is 19.1 Å². The molecule has 0 rings (SSSR count). The van der Waals surface area contributed by atoms with Crippen molar-refractivity contribution in [3.05, 3.63) is 0 Å². The van der Waals surface area contributed by atoms with Crippen molar-refractivity contribution in [1.29, 1.82) is 0 Å². The van der Waals surface area contributed by atoms with Crippen molar-refractivity contribution in [2.75, 3.05) is 7.11 Å². The molecule has 0 saturated carbocycles. The maximum Gasteiger partial charge on any atom is 0.419 e. The summed E-state index contributed by atoms with van der Waals surface area (Å²) in [5.41, 5.74) is 0. The zero-order chi connectivity index (χ0) is 10.6. The molecule has 7 heteroatoms. The first-order valence-electron chi connectivity index (χ1n) is 3.20. The van der Waals surface area contributed by atoms with Crippen LogP contribution in [0.25, 0.3) is 0 Å². The van der Waals surface area contributed by atoms with Gasteiger partial charge in [0.25, 0.3) is 0 Å². The molecule has 0 saturated heterocycles. The summed E-state index contributed by atoms with van der Waals surface area (Å²) in [6.07, 6.45) is -4.83. The monoisotopic (exact) mass is 199 g/mol. The van der Waals surface area contributed by atoms with Crippen molar-refractivity contribution in [1.82, 2.24) is 5.32 Å². The first-order valence-corrected chi connectivity index (χ1v) is 3.20. The molecule has 0 aliphatic carbocycles. The predicted octanol–water partition coefficient (Wildman–Crippen LogP) is 0.226. The van der Waals surface area contributed by atoms with Gasteiger partial charge in [-0.2, -0.15) is 13.2 Å². The number of halogens is 3. The molecule has 0 aromatic rings. The number of methoxy groups -OCH3 is 1. The fourth-order valence-electron chi connectivity index (χ4n) is 0.596. The van der Waals surface area contributed by atoms with Crippen LogP contribution < -0.4 is 5.32 Å². The van der Waals surface area contributed by atoms with E-state index in [2.05, 4.69) is 4.74 Å². The smallest absolute Gasteiger partial charge is 0.419 e. The van der Waals surface area contributed by atoms with Gasteiger partial charge in [0.2, 0.25) is 11.9 Å². The number of alkyl halides is 3. The Labute approximate surface area is 72.0 Å². The second-order valence-electron chi connectivity index (χ2n) is 2.20. The Balaban J connectivity index is 4.56. The summed E-state index contributed by atoms with van der Waals surface area (Å²) in [6.45, 7) is 0.877. The molecule has 13 heavy (non-hydrogen) atoms. The van der Waals surface area contributed by atoms with E-state index in [1.165, 1.54) is 5.32 Å². The molecular weight excluding hydrogens is 191 g/mol. The Hall–Kier alpha value is -1.27. The minimum absolute atomic E-state index is 0.808. The molecule has 0 spiro atoms. The predicted molar refractivity (Wildman–Crippen MR) is 35.7 cm³/mol. The van der Waals surface area contributed by atoms with Gasteiger partial charge in [0.15, 0.2) is 0 Å². The number of ether oxygens (including phenoxy) is 1. The topological polar surface area (TPSA) is 55.4 Å². The minimum atomic E-state index is -4.83. The van der Waals surface area contributed by atoms with Crippen molar-refractivity contribution >= 4 is 11.9 Å².